The van der Waals surface area contributed by atoms with Crippen molar-refractivity contribution in [1.29, 1.82) is 0 Å². The number of H-pyrrole nitrogens is 1. The topological polar surface area (TPSA) is 57.8 Å². The summed E-state index contributed by atoms with van der Waals surface area (Å²) in [5.41, 5.74) is 1.57. The van der Waals surface area contributed by atoms with Gasteiger partial charge in [-0.3, -0.25) is 4.79 Å². The van der Waals surface area contributed by atoms with E-state index < -0.39 is 6.43 Å². The minimum atomic E-state index is -2.62. The van der Waals surface area contributed by atoms with Crippen LogP contribution in [0.15, 0.2) is 18.2 Å². The molecule has 1 fully saturated rings. The Bertz CT molecular complexity index is 604. The molecule has 2 N–H and O–H groups in total. The Labute approximate surface area is 101 Å². The van der Waals surface area contributed by atoms with Crippen LogP contribution in [-0.2, 0) is 4.79 Å². The summed E-state index contributed by atoms with van der Waals surface area (Å²) in [6.45, 7) is 0. The zero-order valence-electron chi connectivity index (χ0n) is 9.41. The van der Waals surface area contributed by atoms with Gasteiger partial charge in [0.1, 0.15) is 0 Å². The molecule has 0 spiro atoms. The Morgan fingerprint density at radius 2 is 2.22 bits per heavy atom. The van der Waals surface area contributed by atoms with Crippen molar-refractivity contribution in [3.8, 4) is 0 Å². The number of aromatic amines is 1. The first kappa shape index (κ1) is 11.1. The van der Waals surface area contributed by atoms with Crippen LogP contribution in [0, 0.1) is 5.92 Å². The molecule has 3 rings (SSSR count). The first-order valence-corrected chi connectivity index (χ1v) is 5.72. The number of imidazole rings is 1. The number of nitrogens with zero attached hydrogens (tertiary/aromatic N) is 1. The smallest absolute Gasteiger partial charge is 0.295 e. The summed E-state index contributed by atoms with van der Waals surface area (Å²) in [4.78, 5) is 17.9. The highest BCUT2D eigenvalue weighted by molar-refractivity contribution is 5.95. The van der Waals surface area contributed by atoms with Crippen molar-refractivity contribution < 1.29 is 13.6 Å². The summed E-state index contributed by atoms with van der Waals surface area (Å²) in [5, 5.41) is 2.76. The largest absolute Gasteiger partial charge is 0.337 e. The fraction of sp³-hybridized carbons (Fsp3) is 0.333. The molecule has 2 aromatic rings. The van der Waals surface area contributed by atoms with E-state index in [9.17, 15) is 13.6 Å². The van der Waals surface area contributed by atoms with Crippen molar-refractivity contribution in [3.05, 3.63) is 24.0 Å². The lowest BCUT2D eigenvalue weighted by atomic mass is 10.2. The number of carbonyl (C=O) groups is 1. The maximum absolute atomic E-state index is 12.5. The van der Waals surface area contributed by atoms with Crippen molar-refractivity contribution in [2.75, 3.05) is 5.32 Å². The number of carbonyl (C=O) groups excluding carboxylic acids is 1. The van der Waals surface area contributed by atoms with E-state index in [0.29, 0.717) is 16.7 Å². The fourth-order valence-corrected chi connectivity index (χ4v) is 1.80. The molecule has 0 saturated heterocycles. The van der Waals surface area contributed by atoms with E-state index in [0.717, 1.165) is 12.8 Å². The van der Waals surface area contributed by atoms with Gasteiger partial charge in [-0.1, -0.05) is 0 Å². The molecule has 1 aromatic heterocycles. The van der Waals surface area contributed by atoms with E-state index in [4.69, 9.17) is 0 Å². The number of aromatic nitrogens is 2. The SMILES string of the molecule is O=C(Nc1ccc2nc(C(F)F)[nH]c2c1)C1CC1. The highest BCUT2D eigenvalue weighted by Crippen LogP contribution is 2.30. The Morgan fingerprint density at radius 3 is 2.89 bits per heavy atom. The van der Waals surface area contributed by atoms with Crippen LogP contribution in [0.2, 0.25) is 0 Å². The summed E-state index contributed by atoms with van der Waals surface area (Å²) in [5.74, 6) is -0.252. The minimum absolute atomic E-state index is 0.0112. The molecule has 0 bridgehead atoms. The molecule has 1 amide bonds. The Balaban J connectivity index is 1.87. The van der Waals surface area contributed by atoms with Gasteiger partial charge in [0.25, 0.3) is 6.43 Å². The van der Waals surface area contributed by atoms with Crippen LogP contribution in [0.3, 0.4) is 0 Å². The van der Waals surface area contributed by atoms with Crippen LogP contribution in [-0.4, -0.2) is 15.9 Å². The molecule has 1 saturated carbocycles. The molecule has 0 unspecified atom stereocenters. The number of benzene rings is 1. The van der Waals surface area contributed by atoms with Crippen molar-refractivity contribution in [3.63, 3.8) is 0 Å². The zero-order chi connectivity index (χ0) is 12.7. The van der Waals surface area contributed by atoms with Crippen LogP contribution < -0.4 is 5.32 Å². The van der Waals surface area contributed by atoms with Gasteiger partial charge in [0.2, 0.25) is 5.91 Å². The minimum Gasteiger partial charge on any atom is -0.337 e. The van der Waals surface area contributed by atoms with Gasteiger partial charge in [-0.25, -0.2) is 13.8 Å². The van der Waals surface area contributed by atoms with E-state index in [1.165, 1.54) is 0 Å². The molecule has 6 heteroatoms. The number of rotatable bonds is 3. The fourth-order valence-electron chi connectivity index (χ4n) is 1.80. The van der Waals surface area contributed by atoms with Crippen LogP contribution in [0.25, 0.3) is 11.0 Å². The van der Waals surface area contributed by atoms with Crippen LogP contribution in [0.5, 0.6) is 0 Å². The molecule has 0 atom stereocenters. The predicted octanol–water partition coefficient (Wildman–Crippen LogP) is 2.85. The lowest BCUT2D eigenvalue weighted by molar-refractivity contribution is -0.117. The van der Waals surface area contributed by atoms with Crippen molar-refractivity contribution >= 4 is 22.6 Å². The quantitative estimate of drug-likeness (QED) is 0.881. The monoisotopic (exact) mass is 251 g/mol. The molecule has 18 heavy (non-hydrogen) atoms. The number of hydrogen-bond acceptors (Lipinski definition) is 2. The van der Waals surface area contributed by atoms with E-state index in [1.807, 2.05) is 0 Å². The third kappa shape index (κ3) is 2.05. The van der Waals surface area contributed by atoms with Gasteiger partial charge >= 0.3 is 0 Å². The second kappa shape index (κ2) is 4.04. The zero-order valence-corrected chi connectivity index (χ0v) is 9.41. The average molecular weight is 251 g/mol. The highest BCUT2D eigenvalue weighted by atomic mass is 19.3. The van der Waals surface area contributed by atoms with Gasteiger partial charge in [0.05, 0.1) is 11.0 Å². The first-order chi connectivity index (χ1) is 8.63. The Hall–Kier alpha value is -1.98. The van der Waals surface area contributed by atoms with Gasteiger partial charge < -0.3 is 10.3 Å². The van der Waals surface area contributed by atoms with E-state index >= 15 is 0 Å². The summed E-state index contributed by atoms with van der Waals surface area (Å²) in [6, 6.07) is 4.90. The predicted molar refractivity (Wildman–Crippen MR) is 62.4 cm³/mol. The van der Waals surface area contributed by atoms with Gasteiger partial charge in [-0.2, -0.15) is 0 Å². The maximum atomic E-state index is 12.5. The summed E-state index contributed by atoms with van der Waals surface area (Å²) >= 11 is 0. The molecular weight excluding hydrogens is 240 g/mol. The molecule has 4 nitrogen and oxygen atoms in total. The molecule has 94 valence electrons. The maximum Gasteiger partial charge on any atom is 0.295 e. The second-order valence-electron chi connectivity index (χ2n) is 4.42. The summed E-state index contributed by atoms with van der Waals surface area (Å²) in [6.07, 6.45) is -0.775. The standard InChI is InChI=1S/C12H11F2N3O/c13-10(14)11-16-8-4-3-7(5-9(8)17-11)15-12(18)6-1-2-6/h3-6,10H,1-2H2,(H,15,18)(H,16,17). The van der Waals surface area contributed by atoms with Crippen molar-refractivity contribution in [2.45, 2.75) is 19.3 Å². The number of fused-ring (bicyclic) bond motifs is 1. The molecule has 1 aromatic carbocycles. The molecule has 0 aliphatic heterocycles. The highest BCUT2D eigenvalue weighted by Gasteiger charge is 2.29. The van der Waals surface area contributed by atoms with Crippen LogP contribution in [0.4, 0.5) is 14.5 Å². The number of halogens is 2. The third-order valence-electron chi connectivity index (χ3n) is 2.92. The summed E-state index contributed by atoms with van der Waals surface area (Å²) < 4.78 is 24.9. The molecule has 1 aliphatic rings. The second-order valence-corrected chi connectivity index (χ2v) is 4.42. The van der Waals surface area contributed by atoms with E-state index in [2.05, 4.69) is 15.3 Å². The average Bonchev–Trinajstić information content (AvgIpc) is 3.09. The molecular formula is C12H11F2N3O. The number of nitrogens with one attached hydrogen (secondary N) is 2. The van der Waals surface area contributed by atoms with Gasteiger partial charge in [-0.05, 0) is 31.0 Å². The van der Waals surface area contributed by atoms with Crippen molar-refractivity contribution in [2.24, 2.45) is 5.92 Å². The lowest BCUT2D eigenvalue weighted by Gasteiger charge is -2.03. The number of hydrogen-bond donors (Lipinski definition) is 2. The normalized spacial score (nSPS) is 15.3. The van der Waals surface area contributed by atoms with Gasteiger partial charge in [-0.15, -0.1) is 0 Å². The first-order valence-electron chi connectivity index (χ1n) is 5.72. The van der Waals surface area contributed by atoms with Crippen LogP contribution >= 0.6 is 0 Å². The summed E-state index contributed by atoms with van der Waals surface area (Å²) in [7, 11) is 0. The lowest BCUT2D eigenvalue weighted by Crippen LogP contribution is -2.12. The number of alkyl halides is 2. The third-order valence-corrected chi connectivity index (χ3v) is 2.92. The number of amides is 1. The molecule has 1 aliphatic carbocycles. The van der Waals surface area contributed by atoms with E-state index in [-0.39, 0.29) is 17.6 Å². The molecule has 0 radical (unpaired) electrons. The van der Waals surface area contributed by atoms with Gasteiger partial charge in [0, 0.05) is 11.6 Å². The Morgan fingerprint density at radius 1 is 1.44 bits per heavy atom. The number of anilines is 1. The Kier molecular flexibility index (Phi) is 2.50. The van der Waals surface area contributed by atoms with Crippen LogP contribution in [0.1, 0.15) is 25.1 Å². The van der Waals surface area contributed by atoms with Crippen molar-refractivity contribution in [1.82, 2.24) is 9.97 Å². The van der Waals surface area contributed by atoms with Gasteiger partial charge in [0.15, 0.2) is 5.82 Å². The van der Waals surface area contributed by atoms with E-state index in [1.54, 1.807) is 18.2 Å². The molecule has 1 heterocycles.